The second kappa shape index (κ2) is 7.36. The van der Waals surface area contributed by atoms with Crippen molar-refractivity contribution in [3.8, 4) is 5.75 Å². The molecule has 2 saturated carbocycles. The lowest BCUT2D eigenvalue weighted by atomic mass is 9.57. The van der Waals surface area contributed by atoms with Crippen molar-refractivity contribution >= 4 is 9.04 Å². The third-order valence-corrected chi connectivity index (χ3v) is 8.50. The highest BCUT2D eigenvalue weighted by atomic mass is 28.3. The van der Waals surface area contributed by atoms with Crippen molar-refractivity contribution in [2.45, 2.75) is 96.4 Å². The van der Waals surface area contributed by atoms with Gasteiger partial charge in [0.2, 0.25) is 9.04 Å². The highest BCUT2D eigenvalue weighted by molar-refractivity contribution is 6.49. The van der Waals surface area contributed by atoms with Crippen LogP contribution in [0.5, 0.6) is 5.75 Å². The van der Waals surface area contributed by atoms with Crippen molar-refractivity contribution in [2.24, 2.45) is 11.3 Å². The summed E-state index contributed by atoms with van der Waals surface area (Å²) in [5, 5.41) is 33.2. The maximum Gasteiger partial charge on any atom is 0.229 e. The number of hydrogen-bond acceptors (Lipinski definition) is 4. The van der Waals surface area contributed by atoms with E-state index < -0.39 is 20.2 Å². The number of hydrogen-bond donors (Lipinski definition) is 3. The van der Waals surface area contributed by atoms with Crippen LogP contribution < -0.4 is 4.43 Å². The number of aliphatic hydroxyl groups excluding tert-OH is 1. The molecule has 0 unspecified atom stereocenters. The van der Waals surface area contributed by atoms with Crippen molar-refractivity contribution in [3.63, 3.8) is 0 Å². The fourth-order valence-electron chi connectivity index (χ4n) is 6.16. The summed E-state index contributed by atoms with van der Waals surface area (Å²) in [7, 11) is -1.26. The monoisotopic (exact) mass is 420 g/mol. The second-order valence-corrected chi connectivity index (χ2v) is 13.4. The van der Waals surface area contributed by atoms with Crippen LogP contribution in [0.25, 0.3) is 0 Å². The highest BCUT2D eigenvalue weighted by Gasteiger charge is 2.62. The molecule has 4 atom stereocenters. The highest BCUT2D eigenvalue weighted by Crippen LogP contribution is 2.62. The van der Waals surface area contributed by atoms with Gasteiger partial charge in [0.15, 0.2) is 0 Å². The van der Waals surface area contributed by atoms with E-state index in [9.17, 15) is 15.3 Å². The summed E-state index contributed by atoms with van der Waals surface area (Å²) in [4.78, 5) is 0. The topological polar surface area (TPSA) is 69.9 Å². The van der Waals surface area contributed by atoms with E-state index in [1.54, 1.807) is 0 Å². The molecule has 2 aliphatic carbocycles. The van der Waals surface area contributed by atoms with Gasteiger partial charge in [-0.2, -0.15) is 0 Å². The van der Waals surface area contributed by atoms with Crippen LogP contribution in [0.4, 0.5) is 0 Å². The zero-order valence-electron chi connectivity index (χ0n) is 19.3. The van der Waals surface area contributed by atoms with Crippen LogP contribution in [0.2, 0.25) is 13.1 Å². The predicted molar refractivity (Wildman–Crippen MR) is 120 cm³/mol. The lowest BCUT2D eigenvalue weighted by Gasteiger charge is -2.52. The summed E-state index contributed by atoms with van der Waals surface area (Å²) in [5.74, 6) is 1.04. The molecular formula is C24H40O4Si. The minimum atomic E-state index is -1.26. The van der Waals surface area contributed by atoms with Gasteiger partial charge in [-0.15, -0.1) is 0 Å². The number of aliphatic hydroxyl groups is 3. The van der Waals surface area contributed by atoms with E-state index >= 15 is 0 Å². The predicted octanol–water partition coefficient (Wildman–Crippen LogP) is 4.17. The Morgan fingerprint density at radius 2 is 1.79 bits per heavy atom. The fourth-order valence-corrected chi connectivity index (χ4v) is 6.87. The summed E-state index contributed by atoms with van der Waals surface area (Å²) in [5.41, 5.74) is 0.716. The van der Waals surface area contributed by atoms with E-state index in [-0.39, 0.29) is 23.4 Å². The molecule has 3 N–H and O–H groups in total. The SMILES string of the molecule is Cc1c([C@@]2(O)CC[C@]3(C)[C@@H](CO)CC[C@]3(O)C2)ccc(O[SiH](C)C)c1C(C)(C)C. The van der Waals surface area contributed by atoms with Gasteiger partial charge in [0.1, 0.15) is 5.75 Å². The molecule has 4 nitrogen and oxygen atoms in total. The fraction of sp³-hybridized carbons (Fsp3) is 0.750. The Bertz CT molecular complexity index is 771. The Morgan fingerprint density at radius 1 is 1.14 bits per heavy atom. The lowest BCUT2D eigenvalue weighted by Crippen LogP contribution is -2.55. The molecule has 0 amide bonds. The Kier molecular flexibility index (Phi) is 5.79. The molecule has 164 valence electrons. The largest absolute Gasteiger partial charge is 0.547 e. The molecule has 0 bridgehead atoms. The second-order valence-electron chi connectivity index (χ2n) is 11.1. The van der Waals surface area contributed by atoms with E-state index in [1.165, 1.54) is 0 Å². The van der Waals surface area contributed by atoms with Gasteiger partial charge >= 0.3 is 0 Å². The van der Waals surface area contributed by atoms with Gasteiger partial charge in [-0.05, 0) is 74.2 Å². The van der Waals surface area contributed by atoms with Gasteiger partial charge in [0.05, 0.1) is 11.2 Å². The first-order chi connectivity index (χ1) is 13.3. The van der Waals surface area contributed by atoms with Crippen LogP contribution in [-0.4, -0.2) is 36.6 Å². The molecule has 0 aliphatic heterocycles. The quantitative estimate of drug-likeness (QED) is 0.640. The smallest absolute Gasteiger partial charge is 0.229 e. The molecule has 5 heteroatoms. The lowest BCUT2D eigenvalue weighted by molar-refractivity contribution is -0.173. The first kappa shape index (κ1) is 22.8. The molecular weight excluding hydrogens is 380 g/mol. The normalized spacial score (nSPS) is 35.1. The number of rotatable bonds is 4. The molecule has 2 aliphatic rings. The molecule has 3 rings (SSSR count). The molecule has 0 spiro atoms. The summed E-state index contributed by atoms with van der Waals surface area (Å²) in [6, 6.07) is 4.04. The van der Waals surface area contributed by atoms with Gasteiger partial charge in [-0.25, -0.2) is 0 Å². The summed E-state index contributed by atoms with van der Waals surface area (Å²) in [6.45, 7) is 15.2. The van der Waals surface area contributed by atoms with E-state index in [0.29, 0.717) is 25.7 Å². The molecule has 1 aromatic rings. The van der Waals surface area contributed by atoms with Crippen LogP contribution in [0.1, 0.15) is 76.5 Å². The van der Waals surface area contributed by atoms with Crippen LogP contribution in [-0.2, 0) is 11.0 Å². The maximum absolute atomic E-state index is 11.8. The Labute approximate surface area is 178 Å². The van der Waals surface area contributed by atoms with Crippen LogP contribution in [0.15, 0.2) is 12.1 Å². The maximum atomic E-state index is 11.8. The molecule has 0 heterocycles. The van der Waals surface area contributed by atoms with E-state index in [0.717, 1.165) is 28.9 Å². The van der Waals surface area contributed by atoms with Gasteiger partial charge in [0.25, 0.3) is 0 Å². The molecule has 29 heavy (non-hydrogen) atoms. The molecule has 0 saturated heterocycles. The van der Waals surface area contributed by atoms with E-state index in [2.05, 4.69) is 47.7 Å². The van der Waals surface area contributed by atoms with Crippen molar-refractivity contribution in [2.75, 3.05) is 6.61 Å². The third kappa shape index (κ3) is 3.69. The first-order valence-corrected chi connectivity index (χ1v) is 13.9. The molecule has 1 aromatic carbocycles. The third-order valence-electron chi connectivity index (χ3n) is 7.77. The minimum Gasteiger partial charge on any atom is -0.547 e. The summed E-state index contributed by atoms with van der Waals surface area (Å²) >= 11 is 0. The van der Waals surface area contributed by atoms with Crippen molar-refractivity contribution in [1.29, 1.82) is 0 Å². The number of fused-ring (bicyclic) bond motifs is 1. The molecule has 0 radical (unpaired) electrons. The van der Waals surface area contributed by atoms with Crippen LogP contribution in [0.3, 0.4) is 0 Å². The Balaban J connectivity index is 2.05. The summed E-state index contributed by atoms with van der Waals surface area (Å²) < 4.78 is 6.24. The van der Waals surface area contributed by atoms with Crippen molar-refractivity contribution in [1.82, 2.24) is 0 Å². The van der Waals surface area contributed by atoms with Crippen LogP contribution >= 0.6 is 0 Å². The van der Waals surface area contributed by atoms with Crippen molar-refractivity contribution in [3.05, 3.63) is 28.8 Å². The van der Waals surface area contributed by atoms with E-state index in [4.69, 9.17) is 4.43 Å². The molecule has 0 aromatic heterocycles. The standard InChI is InChI=1S/C24H40O4Si/c1-16-18(8-9-19(28-29(6)7)20(16)21(2,3)4)23(26)13-12-22(5)17(14-25)10-11-24(22,27)15-23/h8-9,17,25-27,29H,10-15H2,1-7H3/t17-,22-,23-,24+/m1/s1. The van der Waals surface area contributed by atoms with Gasteiger partial charge < -0.3 is 19.7 Å². The average molecular weight is 421 g/mol. The van der Waals surface area contributed by atoms with Gasteiger partial charge in [-0.1, -0.05) is 33.8 Å². The zero-order chi connectivity index (χ0) is 21.8. The van der Waals surface area contributed by atoms with Crippen LogP contribution in [0, 0.1) is 18.3 Å². The Morgan fingerprint density at radius 3 is 2.34 bits per heavy atom. The zero-order valence-corrected chi connectivity index (χ0v) is 20.5. The molecule has 2 fully saturated rings. The number of benzene rings is 1. The van der Waals surface area contributed by atoms with Gasteiger partial charge in [-0.3, -0.25) is 0 Å². The minimum absolute atomic E-state index is 0.107. The Hall–Kier alpha value is -0.883. The van der Waals surface area contributed by atoms with Gasteiger partial charge in [0, 0.05) is 24.0 Å². The first-order valence-electron chi connectivity index (χ1n) is 11.1. The average Bonchev–Trinajstić information content (AvgIpc) is 2.83. The van der Waals surface area contributed by atoms with E-state index in [1.807, 2.05) is 12.1 Å². The summed E-state index contributed by atoms with van der Waals surface area (Å²) in [6.07, 6.45) is 3.11. The van der Waals surface area contributed by atoms with Crippen molar-refractivity contribution < 1.29 is 19.7 Å².